The molecule has 0 radical (unpaired) electrons. The van der Waals surface area contributed by atoms with Crippen molar-refractivity contribution >= 4 is 0 Å². The third-order valence-electron chi connectivity index (χ3n) is 5.42. The van der Waals surface area contributed by atoms with E-state index in [0.717, 1.165) is 12.3 Å². The lowest BCUT2D eigenvalue weighted by Gasteiger charge is -2.40. The van der Waals surface area contributed by atoms with E-state index in [2.05, 4.69) is 31.2 Å². The molecule has 0 saturated heterocycles. The predicted molar refractivity (Wildman–Crippen MR) is 76.4 cm³/mol. The van der Waals surface area contributed by atoms with Crippen molar-refractivity contribution in [1.82, 2.24) is 0 Å². The van der Waals surface area contributed by atoms with Gasteiger partial charge in [0.2, 0.25) is 0 Å². The van der Waals surface area contributed by atoms with E-state index < -0.39 is 0 Å². The van der Waals surface area contributed by atoms with Crippen molar-refractivity contribution in [3.63, 3.8) is 0 Å². The van der Waals surface area contributed by atoms with Crippen LogP contribution in [0.25, 0.3) is 0 Å². The van der Waals surface area contributed by atoms with Gasteiger partial charge >= 0.3 is 0 Å². The molecule has 0 aromatic heterocycles. The molecule has 18 heavy (non-hydrogen) atoms. The van der Waals surface area contributed by atoms with Gasteiger partial charge in [-0.1, -0.05) is 50.5 Å². The first kappa shape index (κ1) is 12.2. The summed E-state index contributed by atoms with van der Waals surface area (Å²) >= 11 is 0. The minimum absolute atomic E-state index is 0.0234. The summed E-state index contributed by atoms with van der Waals surface area (Å²) in [4.78, 5) is 0. The summed E-state index contributed by atoms with van der Waals surface area (Å²) in [6.07, 6.45) is 9.15. The van der Waals surface area contributed by atoms with Crippen LogP contribution in [-0.4, -0.2) is 0 Å². The van der Waals surface area contributed by atoms with Gasteiger partial charge in [-0.2, -0.15) is 0 Å². The van der Waals surface area contributed by atoms with E-state index in [-0.39, 0.29) is 5.54 Å². The SMILES string of the molecule is CCC1CCCC(C2(N)CCc3ccccc32)C1. The van der Waals surface area contributed by atoms with Gasteiger partial charge in [0.25, 0.3) is 0 Å². The second-order valence-electron chi connectivity index (χ2n) is 6.34. The molecule has 1 heteroatoms. The van der Waals surface area contributed by atoms with Gasteiger partial charge in [-0.3, -0.25) is 0 Å². The minimum atomic E-state index is -0.0234. The maximum absolute atomic E-state index is 6.86. The van der Waals surface area contributed by atoms with Crippen LogP contribution < -0.4 is 5.73 Å². The van der Waals surface area contributed by atoms with Crippen LogP contribution in [0.3, 0.4) is 0 Å². The number of rotatable bonds is 2. The average Bonchev–Trinajstić information content (AvgIpc) is 2.79. The lowest BCUT2D eigenvalue weighted by molar-refractivity contribution is 0.161. The highest BCUT2D eigenvalue weighted by Crippen LogP contribution is 2.47. The molecule has 3 rings (SSSR count). The third-order valence-corrected chi connectivity index (χ3v) is 5.42. The third kappa shape index (κ3) is 1.89. The summed E-state index contributed by atoms with van der Waals surface area (Å²) < 4.78 is 0. The van der Waals surface area contributed by atoms with Crippen LogP contribution in [0.4, 0.5) is 0 Å². The van der Waals surface area contributed by atoms with Crippen LogP contribution in [0.1, 0.15) is 56.6 Å². The van der Waals surface area contributed by atoms with E-state index in [4.69, 9.17) is 5.73 Å². The molecule has 3 atom stereocenters. The number of hydrogen-bond donors (Lipinski definition) is 1. The Labute approximate surface area is 111 Å². The molecule has 0 bridgehead atoms. The largest absolute Gasteiger partial charge is 0.321 e. The van der Waals surface area contributed by atoms with Crippen LogP contribution in [0.2, 0.25) is 0 Å². The number of fused-ring (bicyclic) bond motifs is 1. The van der Waals surface area contributed by atoms with Gasteiger partial charge in [-0.15, -0.1) is 0 Å². The van der Waals surface area contributed by atoms with E-state index >= 15 is 0 Å². The Kier molecular flexibility index (Phi) is 3.19. The Morgan fingerprint density at radius 3 is 2.94 bits per heavy atom. The molecule has 2 aliphatic carbocycles. The van der Waals surface area contributed by atoms with E-state index in [9.17, 15) is 0 Å². The van der Waals surface area contributed by atoms with Crippen molar-refractivity contribution in [3.8, 4) is 0 Å². The highest BCUT2D eigenvalue weighted by Gasteiger charge is 2.42. The van der Waals surface area contributed by atoms with Crippen LogP contribution in [0.5, 0.6) is 0 Å². The molecule has 1 nitrogen and oxygen atoms in total. The first-order valence-electron chi connectivity index (χ1n) is 7.61. The van der Waals surface area contributed by atoms with Gasteiger partial charge in [0.15, 0.2) is 0 Å². The topological polar surface area (TPSA) is 26.0 Å². The summed E-state index contributed by atoms with van der Waals surface area (Å²) in [5.74, 6) is 1.62. The Morgan fingerprint density at radius 1 is 1.28 bits per heavy atom. The van der Waals surface area contributed by atoms with Gasteiger partial charge in [-0.05, 0) is 48.6 Å². The first-order valence-corrected chi connectivity index (χ1v) is 7.61. The Balaban J connectivity index is 1.87. The zero-order valence-electron chi connectivity index (χ0n) is 11.5. The summed E-state index contributed by atoms with van der Waals surface area (Å²) in [6.45, 7) is 2.33. The minimum Gasteiger partial charge on any atom is -0.321 e. The van der Waals surface area contributed by atoms with Crippen molar-refractivity contribution in [1.29, 1.82) is 0 Å². The second-order valence-corrected chi connectivity index (χ2v) is 6.34. The molecule has 2 aliphatic rings. The Bertz CT molecular complexity index is 425. The fourth-order valence-electron chi connectivity index (χ4n) is 4.22. The smallest absolute Gasteiger partial charge is 0.0444 e. The van der Waals surface area contributed by atoms with Gasteiger partial charge in [0, 0.05) is 5.54 Å². The van der Waals surface area contributed by atoms with E-state index in [0.29, 0.717) is 5.92 Å². The van der Waals surface area contributed by atoms with E-state index in [1.54, 1.807) is 0 Å². The molecule has 1 saturated carbocycles. The first-order chi connectivity index (χ1) is 8.74. The molecule has 1 aromatic carbocycles. The highest BCUT2D eigenvalue weighted by molar-refractivity contribution is 5.39. The fraction of sp³-hybridized carbons (Fsp3) is 0.647. The molecule has 0 aliphatic heterocycles. The summed E-state index contributed by atoms with van der Waals surface area (Å²) in [5, 5.41) is 0. The van der Waals surface area contributed by atoms with Crippen LogP contribution >= 0.6 is 0 Å². The predicted octanol–water partition coefficient (Wildman–Crippen LogP) is 4.00. The quantitative estimate of drug-likeness (QED) is 0.834. The molecule has 0 heterocycles. The highest BCUT2D eigenvalue weighted by atomic mass is 14.8. The molecule has 1 fully saturated rings. The van der Waals surface area contributed by atoms with Crippen molar-refractivity contribution in [2.24, 2.45) is 17.6 Å². The maximum Gasteiger partial charge on any atom is 0.0444 e. The van der Waals surface area contributed by atoms with Gasteiger partial charge in [0.05, 0.1) is 0 Å². The Morgan fingerprint density at radius 2 is 2.11 bits per heavy atom. The second kappa shape index (κ2) is 4.70. The maximum atomic E-state index is 6.86. The van der Waals surface area contributed by atoms with E-state index in [1.807, 2.05) is 0 Å². The molecule has 3 unspecified atom stereocenters. The number of aryl methyl sites for hydroxylation is 1. The monoisotopic (exact) mass is 243 g/mol. The number of benzene rings is 1. The molecule has 2 N–H and O–H groups in total. The van der Waals surface area contributed by atoms with E-state index in [1.165, 1.54) is 49.7 Å². The lowest BCUT2D eigenvalue weighted by atomic mass is 9.68. The number of hydrogen-bond acceptors (Lipinski definition) is 1. The molecule has 0 amide bonds. The van der Waals surface area contributed by atoms with Crippen molar-refractivity contribution in [2.45, 2.75) is 57.4 Å². The summed E-state index contributed by atoms with van der Waals surface area (Å²) in [6, 6.07) is 8.86. The summed E-state index contributed by atoms with van der Waals surface area (Å²) in [7, 11) is 0. The zero-order chi connectivity index (χ0) is 12.6. The standard InChI is InChI=1S/C17H25N/c1-2-13-6-5-8-15(12-13)17(18)11-10-14-7-3-4-9-16(14)17/h3-4,7,9,13,15H,2,5-6,8,10-12,18H2,1H3. The van der Waals surface area contributed by atoms with Gasteiger partial charge in [-0.25, -0.2) is 0 Å². The molecule has 1 aromatic rings. The van der Waals surface area contributed by atoms with Gasteiger partial charge < -0.3 is 5.73 Å². The van der Waals surface area contributed by atoms with Crippen LogP contribution in [-0.2, 0) is 12.0 Å². The van der Waals surface area contributed by atoms with Gasteiger partial charge in [0.1, 0.15) is 0 Å². The zero-order valence-corrected chi connectivity index (χ0v) is 11.5. The van der Waals surface area contributed by atoms with Crippen LogP contribution in [0, 0.1) is 11.8 Å². The fourth-order valence-corrected chi connectivity index (χ4v) is 4.22. The normalized spacial score (nSPS) is 35.4. The van der Waals surface area contributed by atoms with Crippen molar-refractivity contribution in [2.75, 3.05) is 0 Å². The molecule has 98 valence electrons. The molecular formula is C17H25N. The van der Waals surface area contributed by atoms with Crippen molar-refractivity contribution < 1.29 is 0 Å². The lowest BCUT2D eigenvalue weighted by Crippen LogP contribution is -2.44. The average molecular weight is 243 g/mol. The molecule has 0 spiro atoms. The molecular weight excluding hydrogens is 218 g/mol. The summed E-state index contributed by atoms with van der Waals surface area (Å²) in [5.41, 5.74) is 9.79. The number of nitrogens with two attached hydrogens (primary N) is 1. The Hall–Kier alpha value is -0.820. The van der Waals surface area contributed by atoms with Crippen LogP contribution in [0.15, 0.2) is 24.3 Å². The van der Waals surface area contributed by atoms with Crippen molar-refractivity contribution in [3.05, 3.63) is 35.4 Å².